The third kappa shape index (κ3) is 5.39. The zero-order valence-electron chi connectivity index (χ0n) is 14.6. The molecule has 0 aliphatic heterocycles. The number of aromatic nitrogens is 1. The van der Waals surface area contributed by atoms with Crippen LogP contribution in [0.2, 0.25) is 5.02 Å². The number of carbonyl (C=O) groups excluding carboxylic acids is 1. The number of pyridine rings is 1. The summed E-state index contributed by atoms with van der Waals surface area (Å²) in [5.41, 5.74) is 3.65. The molecule has 5 nitrogen and oxygen atoms in total. The molecular formula is C20H18ClN3O2S. The molecule has 1 atom stereocenters. The lowest BCUT2D eigenvalue weighted by molar-refractivity contribution is 0.102. The third-order valence-corrected chi connectivity index (χ3v) is 4.83. The van der Waals surface area contributed by atoms with E-state index in [1.165, 1.54) is 0 Å². The topological polar surface area (TPSA) is 71.1 Å². The van der Waals surface area contributed by atoms with Crippen molar-refractivity contribution in [3.05, 3.63) is 83.1 Å². The van der Waals surface area contributed by atoms with Crippen LogP contribution in [0.5, 0.6) is 0 Å². The van der Waals surface area contributed by atoms with Crippen molar-refractivity contribution in [2.45, 2.75) is 5.75 Å². The number of nitrogens with one attached hydrogen (secondary N) is 2. The summed E-state index contributed by atoms with van der Waals surface area (Å²) >= 11 is 6.17. The second-order valence-corrected chi connectivity index (χ2v) is 7.77. The predicted molar refractivity (Wildman–Crippen MR) is 111 cm³/mol. The number of hydrogen-bond donors (Lipinski definition) is 2. The number of nitrogens with zero attached hydrogens (tertiary/aromatic N) is 1. The van der Waals surface area contributed by atoms with Crippen LogP contribution >= 0.6 is 11.6 Å². The van der Waals surface area contributed by atoms with Crippen LogP contribution in [0.25, 0.3) is 0 Å². The van der Waals surface area contributed by atoms with Crippen LogP contribution in [0.4, 0.5) is 17.1 Å². The van der Waals surface area contributed by atoms with Gasteiger partial charge in [0.1, 0.15) is 0 Å². The van der Waals surface area contributed by atoms with Gasteiger partial charge in [0.25, 0.3) is 5.91 Å². The van der Waals surface area contributed by atoms with E-state index in [-0.39, 0.29) is 5.91 Å². The molecule has 7 heteroatoms. The Hall–Kier alpha value is -2.70. The molecule has 3 rings (SSSR count). The third-order valence-electron chi connectivity index (χ3n) is 3.76. The van der Waals surface area contributed by atoms with Gasteiger partial charge in [0.15, 0.2) is 0 Å². The molecule has 3 aromatic rings. The molecule has 0 bridgehead atoms. The molecule has 1 heterocycles. The van der Waals surface area contributed by atoms with Crippen molar-refractivity contribution in [1.29, 1.82) is 0 Å². The molecule has 0 spiro atoms. The van der Waals surface area contributed by atoms with E-state index >= 15 is 0 Å². The highest BCUT2D eigenvalue weighted by molar-refractivity contribution is 7.83. The van der Waals surface area contributed by atoms with Gasteiger partial charge in [-0.2, -0.15) is 0 Å². The fourth-order valence-electron chi connectivity index (χ4n) is 2.49. The highest BCUT2D eigenvalue weighted by atomic mass is 35.5. The second-order valence-electron chi connectivity index (χ2n) is 5.92. The summed E-state index contributed by atoms with van der Waals surface area (Å²) in [5, 5.41) is 6.48. The first-order valence-corrected chi connectivity index (χ1v) is 10.3. The smallest absolute Gasteiger partial charge is 0.255 e. The largest absolute Gasteiger partial charge is 0.355 e. The van der Waals surface area contributed by atoms with E-state index in [1.807, 2.05) is 24.3 Å². The number of rotatable bonds is 6. The predicted octanol–water partition coefficient (Wildman–Crippen LogP) is 4.61. The van der Waals surface area contributed by atoms with Gasteiger partial charge in [-0.15, -0.1) is 0 Å². The Balaban J connectivity index is 1.70. The maximum atomic E-state index is 12.5. The molecule has 0 saturated heterocycles. The minimum absolute atomic E-state index is 0.262. The normalized spacial score (nSPS) is 11.6. The van der Waals surface area contributed by atoms with Crippen molar-refractivity contribution in [2.24, 2.45) is 0 Å². The van der Waals surface area contributed by atoms with Gasteiger partial charge in [-0.3, -0.25) is 14.0 Å². The Morgan fingerprint density at radius 1 is 1.04 bits per heavy atom. The van der Waals surface area contributed by atoms with Gasteiger partial charge in [-0.05, 0) is 54.1 Å². The zero-order valence-corrected chi connectivity index (χ0v) is 16.2. The SMILES string of the molecule is CS(=O)Cc1ccc(Cl)c(NC(=O)c2ccc(Nc3ccncc3)cc2)c1. The lowest BCUT2D eigenvalue weighted by atomic mass is 10.1. The zero-order chi connectivity index (χ0) is 19.2. The lowest BCUT2D eigenvalue weighted by Gasteiger charge is -2.10. The first-order chi connectivity index (χ1) is 13.0. The van der Waals surface area contributed by atoms with Gasteiger partial charge >= 0.3 is 0 Å². The summed E-state index contributed by atoms with van der Waals surface area (Å²) in [6.45, 7) is 0. The van der Waals surface area contributed by atoms with E-state index in [0.29, 0.717) is 22.0 Å². The van der Waals surface area contributed by atoms with Crippen molar-refractivity contribution in [1.82, 2.24) is 4.98 Å². The Kier molecular flexibility index (Phi) is 6.21. The van der Waals surface area contributed by atoms with E-state index in [1.54, 1.807) is 49.0 Å². The van der Waals surface area contributed by atoms with Crippen LogP contribution in [-0.4, -0.2) is 21.4 Å². The lowest BCUT2D eigenvalue weighted by Crippen LogP contribution is -2.12. The van der Waals surface area contributed by atoms with Crippen molar-refractivity contribution in [2.75, 3.05) is 16.9 Å². The number of amides is 1. The van der Waals surface area contributed by atoms with Gasteiger partial charge in [0, 0.05) is 52.1 Å². The van der Waals surface area contributed by atoms with Gasteiger partial charge < -0.3 is 10.6 Å². The van der Waals surface area contributed by atoms with Crippen molar-refractivity contribution in [3.63, 3.8) is 0 Å². The molecule has 138 valence electrons. The quantitative estimate of drug-likeness (QED) is 0.635. The summed E-state index contributed by atoms with van der Waals surface area (Å²) in [7, 11) is -0.966. The fourth-order valence-corrected chi connectivity index (χ4v) is 3.31. The van der Waals surface area contributed by atoms with Gasteiger partial charge in [0.05, 0.1) is 10.7 Å². The van der Waals surface area contributed by atoms with Crippen LogP contribution in [0.15, 0.2) is 67.0 Å². The average molecular weight is 400 g/mol. The van der Waals surface area contributed by atoms with Crippen molar-refractivity contribution < 1.29 is 9.00 Å². The van der Waals surface area contributed by atoms with Gasteiger partial charge in [0.2, 0.25) is 0 Å². The first kappa shape index (κ1) is 19.1. The molecule has 0 aliphatic rings. The van der Waals surface area contributed by atoms with Crippen LogP contribution in [0.3, 0.4) is 0 Å². The Bertz CT molecular complexity index is 963. The Labute approximate surface area is 165 Å². The summed E-state index contributed by atoms with van der Waals surface area (Å²) < 4.78 is 11.4. The highest BCUT2D eigenvalue weighted by Crippen LogP contribution is 2.25. The fraction of sp³-hybridized carbons (Fsp3) is 0.100. The Morgan fingerprint density at radius 2 is 1.70 bits per heavy atom. The summed E-state index contributed by atoms with van der Waals surface area (Å²) in [5.74, 6) is 0.150. The molecule has 0 aliphatic carbocycles. The van der Waals surface area contributed by atoms with E-state index in [2.05, 4.69) is 15.6 Å². The molecule has 2 N–H and O–H groups in total. The van der Waals surface area contributed by atoms with E-state index in [4.69, 9.17) is 11.6 Å². The maximum absolute atomic E-state index is 12.5. The molecule has 0 saturated carbocycles. The highest BCUT2D eigenvalue weighted by Gasteiger charge is 2.10. The molecule has 0 fully saturated rings. The minimum Gasteiger partial charge on any atom is -0.355 e. The molecular weight excluding hydrogens is 382 g/mol. The molecule has 1 aromatic heterocycles. The van der Waals surface area contributed by atoms with Crippen LogP contribution in [0, 0.1) is 0 Å². The molecule has 27 heavy (non-hydrogen) atoms. The minimum atomic E-state index is -0.966. The van der Waals surface area contributed by atoms with Crippen LogP contribution in [-0.2, 0) is 16.6 Å². The number of anilines is 3. The average Bonchev–Trinajstić information content (AvgIpc) is 2.65. The maximum Gasteiger partial charge on any atom is 0.255 e. The Morgan fingerprint density at radius 3 is 2.37 bits per heavy atom. The standard InChI is InChI=1S/C20H18ClN3O2S/c1-27(26)13-14-2-7-18(21)19(12-14)24-20(25)15-3-5-16(6-4-15)23-17-8-10-22-11-9-17/h2-12H,13H2,1H3,(H,22,23)(H,24,25). The molecule has 2 aromatic carbocycles. The summed E-state index contributed by atoms with van der Waals surface area (Å²) in [6, 6.07) is 16.1. The number of benzene rings is 2. The number of carbonyl (C=O) groups is 1. The van der Waals surface area contributed by atoms with Gasteiger partial charge in [-0.25, -0.2) is 0 Å². The van der Waals surface area contributed by atoms with Crippen molar-refractivity contribution in [3.8, 4) is 0 Å². The van der Waals surface area contributed by atoms with Crippen molar-refractivity contribution >= 4 is 45.4 Å². The summed E-state index contributed by atoms with van der Waals surface area (Å²) in [4.78, 5) is 16.5. The number of hydrogen-bond acceptors (Lipinski definition) is 4. The van der Waals surface area contributed by atoms with E-state index in [0.717, 1.165) is 16.9 Å². The second kappa shape index (κ2) is 8.79. The van der Waals surface area contributed by atoms with E-state index < -0.39 is 10.8 Å². The summed E-state index contributed by atoms with van der Waals surface area (Å²) in [6.07, 6.45) is 5.04. The van der Waals surface area contributed by atoms with Crippen LogP contribution in [0.1, 0.15) is 15.9 Å². The monoisotopic (exact) mass is 399 g/mol. The first-order valence-electron chi connectivity index (χ1n) is 8.18. The number of halogens is 1. The van der Waals surface area contributed by atoms with Crippen LogP contribution < -0.4 is 10.6 Å². The van der Waals surface area contributed by atoms with Gasteiger partial charge in [-0.1, -0.05) is 17.7 Å². The molecule has 1 unspecified atom stereocenters. The molecule has 0 radical (unpaired) electrons. The van der Waals surface area contributed by atoms with E-state index in [9.17, 15) is 9.00 Å². The molecule has 1 amide bonds.